The van der Waals surface area contributed by atoms with Crippen molar-refractivity contribution < 1.29 is 0 Å². The van der Waals surface area contributed by atoms with Crippen molar-refractivity contribution in [3.05, 3.63) is 70.8 Å². The zero-order chi connectivity index (χ0) is 15.1. The van der Waals surface area contributed by atoms with E-state index in [0.717, 1.165) is 0 Å². The van der Waals surface area contributed by atoms with E-state index < -0.39 is 0 Å². The number of aliphatic imine (C=N–C) groups is 2. The molecule has 0 fully saturated rings. The molecule has 0 bridgehead atoms. The fourth-order valence-electron chi connectivity index (χ4n) is 2.02. The molecule has 0 saturated carbocycles. The highest BCUT2D eigenvalue weighted by Gasteiger charge is 1.98. The Labute approximate surface area is 127 Å². The minimum absolute atomic E-state index is 0.185. The zero-order valence-electron chi connectivity index (χ0n) is 13.0. The van der Waals surface area contributed by atoms with Crippen LogP contribution in [0.5, 0.6) is 0 Å². The van der Waals surface area contributed by atoms with Crippen LogP contribution in [0, 0.1) is 13.8 Å². The van der Waals surface area contributed by atoms with Crippen LogP contribution in [0.25, 0.3) is 0 Å². The second kappa shape index (κ2) is 7.53. The van der Waals surface area contributed by atoms with Gasteiger partial charge in [-0.15, -0.1) is 0 Å². The molecule has 0 saturated heterocycles. The first-order chi connectivity index (χ1) is 10.2. The van der Waals surface area contributed by atoms with Crippen molar-refractivity contribution in [3.8, 4) is 0 Å². The Hall–Kier alpha value is -2.22. The summed E-state index contributed by atoms with van der Waals surface area (Å²) in [6.07, 6.45) is 3.89. The Kier molecular flexibility index (Phi) is 5.44. The fourth-order valence-corrected chi connectivity index (χ4v) is 2.02. The highest BCUT2D eigenvalue weighted by atomic mass is 14.8. The molecule has 0 radical (unpaired) electrons. The smallest absolute Gasteiger partial charge is 0.0666 e. The SMILES string of the molecule is Cc1ccccc1C=NC[C@H](C)N=Cc1ccccc1C. The van der Waals surface area contributed by atoms with Crippen LogP contribution in [0.4, 0.5) is 0 Å². The number of rotatable bonds is 5. The fraction of sp³-hybridized carbons (Fsp3) is 0.263. The summed E-state index contributed by atoms with van der Waals surface area (Å²) in [6, 6.07) is 16.7. The van der Waals surface area contributed by atoms with Gasteiger partial charge in [-0.2, -0.15) is 0 Å². The maximum absolute atomic E-state index is 4.57. The summed E-state index contributed by atoms with van der Waals surface area (Å²) in [5.41, 5.74) is 4.84. The topological polar surface area (TPSA) is 24.7 Å². The van der Waals surface area contributed by atoms with Crippen molar-refractivity contribution in [3.63, 3.8) is 0 Å². The standard InChI is InChI=1S/C19H22N2/c1-15-8-4-6-10-18(15)13-20-12-17(3)21-14-19-11-7-5-9-16(19)2/h4-11,13-14,17H,12H2,1-3H3/t17-/m0/s1. The number of nitrogens with zero attached hydrogens (tertiary/aromatic N) is 2. The van der Waals surface area contributed by atoms with E-state index in [2.05, 4.69) is 55.0 Å². The van der Waals surface area contributed by atoms with Crippen LogP contribution in [0.1, 0.15) is 29.2 Å². The largest absolute Gasteiger partial charge is 0.290 e. The van der Waals surface area contributed by atoms with Crippen molar-refractivity contribution in [2.24, 2.45) is 9.98 Å². The first-order valence-corrected chi connectivity index (χ1v) is 7.31. The molecule has 0 aliphatic heterocycles. The van der Waals surface area contributed by atoms with Crippen molar-refractivity contribution >= 4 is 12.4 Å². The lowest BCUT2D eigenvalue weighted by molar-refractivity contribution is 0.761. The predicted octanol–water partition coefficient (Wildman–Crippen LogP) is 4.23. The molecule has 2 nitrogen and oxygen atoms in total. The van der Waals surface area contributed by atoms with Crippen molar-refractivity contribution in [2.45, 2.75) is 26.8 Å². The van der Waals surface area contributed by atoms with Gasteiger partial charge in [-0.3, -0.25) is 9.98 Å². The van der Waals surface area contributed by atoms with Gasteiger partial charge in [-0.25, -0.2) is 0 Å². The number of hydrogen-bond acceptors (Lipinski definition) is 2. The third kappa shape index (κ3) is 4.67. The lowest BCUT2D eigenvalue weighted by atomic mass is 10.1. The average molecular weight is 278 g/mol. The lowest BCUT2D eigenvalue weighted by Gasteiger charge is -2.03. The van der Waals surface area contributed by atoms with Gasteiger partial charge in [0.1, 0.15) is 0 Å². The van der Waals surface area contributed by atoms with Crippen LogP contribution in [-0.4, -0.2) is 25.0 Å². The molecule has 0 amide bonds. The van der Waals surface area contributed by atoms with Crippen LogP contribution in [-0.2, 0) is 0 Å². The number of hydrogen-bond donors (Lipinski definition) is 0. The molecule has 0 N–H and O–H groups in total. The summed E-state index contributed by atoms with van der Waals surface area (Å²) in [5.74, 6) is 0. The summed E-state index contributed by atoms with van der Waals surface area (Å²) in [5, 5.41) is 0. The minimum Gasteiger partial charge on any atom is -0.290 e. The maximum atomic E-state index is 4.57. The summed E-state index contributed by atoms with van der Waals surface area (Å²) in [7, 11) is 0. The monoisotopic (exact) mass is 278 g/mol. The van der Waals surface area contributed by atoms with Gasteiger partial charge in [0.25, 0.3) is 0 Å². The van der Waals surface area contributed by atoms with E-state index in [4.69, 9.17) is 0 Å². The van der Waals surface area contributed by atoms with Crippen LogP contribution < -0.4 is 0 Å². The van der Waals surface area contributed by atoms with Gasteiger partial charge >= 0.3 is 0 Å². The Bertz CT molecular complexity index is 642. The summed E-state index contributed by atoms with van der Waals surface area (Å²) in [4.78, 5) is 9.07. The molecule has 0 aromatic heterocycles. The van der Waals surface area contributed by atoms with E-state index >= 15 is 0 Å². The predicted molar refractivity (Wildman–Crippen MR) is 91.9 cm³/mol. The van der Waals surface area contributed by atoms with E-state index in [1.54, 1.807) is 0 Å². The van der Waals surface area contributed by atoms with E-state index in [0.29, 0.717) is 6.54 Å². The van der Waals surface area contributed by atoms with Crippen LogP contribution >= 0.6 is 0 Å². The first-order valence-electron chi connectivity index (χ1n) is 7.31. The van der Waals surface area contributed by atoms with E-state index in [1.165, 1.54) is 22.3 Å². The van der Waals surface area contributed by atoms with Gasteiger partial charge in [0.15, 0.2) is 0 Å². The molecule has 0 aliphatic rings. The second-order valence-corrected chi connectivity index (χ2v) is 5.33. The van der Waals surface area contributed by atoms with Crippen molar-refractivity contribution in [1.82, 2.24) is 0 Å². The summed E-state index contributed by atoms with van der Waals surface area (Å²) < 4.78 is 0. The molecule has 1 atom stereocenters. The van der Waals surface area contributed by atoms with E-state index in [9.17, 15) is 0 Å². The average Bonchev–Trinajstić information content (AvgIpc) is 2.48. The highest BCUT2D eigenvalue weighted by molar-refractivity contribution is 5.82. The molecule has 0 heterocycles. The van der Waals surface area contributed by atoms with Crippen molar-refractivity contribution in [1.29, 1.82) is 0 Å². The summed E-state index contributed by atoms with van der Waals surface area (Å²) >= 11 is 0. The van der Waals surface area contributed by atoms with Gasteiger partial charge in [0, 0.05) is 12.4 Å². The molecule has 2 aromatic rings. The molecule has 0 aliphatic carbocycles. The Morgan fingerprint density at radius 3 is 1.95 bits per heavy atom. The molecular weight excluding hydrogens is 256 g/mol. The first kappa shape index (κ1) is 15.2. The van der Waals surface area contributed by atoms with Gasteiger partial charge < -0.3 is 0 Å². The molecular formula is C19H22N2. The van der Waals surface area contributed by atoms with Crippen molar-refractivity contribution in [2.75, 3.05) is 6.54 Å². The summed E-state index contributed by atoms with van der Waals surface area (Å²) in [6.45, 7) is 6.99. The quantitative estimate of drug-likeness (QED) is 0.731. The van der Waals surface area contributed by atoms with Gasteiger partial charge in [-0.1, -0.05) is 48.5 Å². The number of benzene rings is 2. The molecule has 21 heavy (non-hydrogen) atoms. The molecule has 2 rings (SSSR count). The second-order valence-electron chi connectivity index (χ2n) is 5.33. The van der Waals surface area contributed by atoms with Gasteiger partial charge in [-0.05, 0) is 43.0 Å². The Balaban J connectivity index is 1.92. The molecule has 108 valence electrons. The third-order valence-corrected chi connectivity index (χ3v) is 3.45. The minimum atomic E-state index is 0.185. The van der Waals surface area contributed by atoms with E-state index in [1.807, 2.05) is 36.7 Å². The number of aryl methyl sites for hydroxylation is 2. The molecule has 0 unspecified atom stereocenters. The van der Waals surface area contributed by atoms with Gasteiger partial charge in [0.05, 0.1) is 12.6 Å². The van der Waals surface area contributed by atoms with E-state index in [-0.39, 0.29) is 6.04 Å². The maximum Gasteiger partial charge on any atom is 0.0666 e. The van der Waals surface area contributed by atoms with Crippen LogP contribution in [0.3, 0.4) is 0 Å². The Morgan fingerprint density at radius 2 is 1.38 bits per heavy atom. The highest BCUT2D eigenvalue weighted by Crippen LogP contribution is 2.05. The Morgan fingerprint density at radius 1 is 0.857 bits per heavy atom. The third-order valence-electron chi connectivity index (χ3n) is 3.45. The molecule has 2 aromatic carbocycles. The molecule has 0 spiro atoms. The zero-order valence-corrected chi connectivity index (χ0v) is 13.0. The lowest BCUT2D eigenvalue weighted by Crippen LogP contribution is -2.04. The molecule has 2 heteroatoms. The van der Waals surface area contributed by atoms with Gasteiger partial charge in [0.2, 0.25) is 0 Å². The normalized spacial score (nSPS) is 13.1. The van der Waals surface area contributed by atoms with Crippen LogP contribution in [0.15, 0.2) is 58.5 Å². The van der Waals surface area contributed by atoms with Crippen LogP contribution in [0.2, 0.25) is 0 Å².